The first-order valence-corrected chi connectivity index (χ1v) is 6.09. The van der Waals surface area contributed by atoms with Crippen LogP contribution in [0.4, 0.5) is 5.82 Å². The molecule has 98 valence electrons. The van der Waals surface area contributed by atoms with Crippen molar-refractivity contribution in [2.24, 2.45) is 0 Å². The molecule has 0 unspecified atom stereocenters. The second-order valence-corrected chi connectivity index (χ2v) is 4.78. The highest BCUT2D eigenvalue weighted by Crippen LogP contribution is 2.25. The van der Waals surface area contributed by atoms with Crippen molar-refractivity contribution in [3.05, 3.63) is 39.3 Å². The van der Waals surface area contributed by atoms with Crippen LogP contribution in [0.15, 0.2) is 33.2 Å². The molecule has 2 rings (SSSR count). The van der Waals surface area contributed by atoms with Gasteiger partial charge in [-0.2, -0.15) is 0 Å². The number of aromatic carboxylic acids is 1. The van der Waals surface area contributed by atoms with E-state index >= 15 is 0 Å². The molecule has 4 N–H and O–H groups in total. The van der Waals surface area contributed by atoms with E-state index < -0.39 is 11.5 Å². The van der Waals surface area contributed by atoms with Crippen LogP contribution >= 0.6 is 23.4 Å². The van der Waals surface area contributed by atoms with Crippen molar-refractivity contribution in [1.82, 2.24) is 15.0 Å². The van der Waals surface area contributed by atoms with Gasteiger partial charge in [0.1, 0.15) is 10.8 Å². The number of aromatic amines is 1. The lowest BCUT2D eigenvalue weighted by molar-refractivity contribution is 0.0690. The minimum atomic E-state index is -1.23. The minimum absolute atomic E-state index is 0.0332. The van der Waals surface area contributed by atoms with E-state index in [0.29, 0.717) is 5.03 Å². The van der Waals surface area contributed by atoms with E-state index in [-0.39, 0.29) is 21.7 Å². The second-order valence-electron chi connectivity index (χ2n) is 3.36. The monoisotopic (exact) mass is 298 g/mol. The first kappa shape index (κ1) is 13.4. The Morgan fingerprint density at radius 2 is 2.16 bits per heavy atom. The summed E-state index contributed by atoms with van der Waals surface area (Å²) in [5.41, 5.74) is 4.77. The summed E-state index contributed by atoms with van der Waals surface area (Å²) >= 11 is 6.68. The van der Waals surface area contributed by atoms with E-state index in [1.54, 1.807) is 0 Å². The highest BCUT2D eigenvalue weighted by Gasteiger charge is 2.12. The maximum absolute atomic E-state index is 11.2. The molecule has 2 aromatic rings. The van der Waals surface area contributed by atoms with E-state index in [4.69, 9.17) is 22.4 Å². The van der Waals surface area contributed by atoms with Crippen molar-refractivity contribution in [2.45, 2.75) is 10.2 Å². The quantitative estimate of drug-likeness (QED) is 0.729. The maximum atomic E-state index is 11.2. The molecule has 19 heavy (non-hydrogen) atoms. The van der Waals surface area contributed by atoms with Gasteiger partial charge in [-0.05, 0) is 23.9 Å². The number of nitrogens with two attached hydrogens (primary N) is 1. The first-order valence-electron chi connectivity index (χ1n) is 4.90. The zero-order chi connectivity index (χ0) is 14.0. The third kappa shape index (κ3) is 3.24. The number of carboxylic acids is 1. The Kier molecular flexibility index (Phi) is 3.72. The maximum Gasteiger partial charge on any atom is 0.356 e. The number of anilines is 1. The summed E-state index contributed by atoms with van der Waals surface area (Å²) in [4.78, 5) is 32.3. The smallest absolute Gasteiger partial charge is 0.356 e. The molecule has 0 aromatic carbocycles. The third-order valence-corrected chi connectivity index (χ3v) is 3.09. The highest BCUT2D eigenvalue weighted by atomic mass is 35.5. The van der Waals surface area contributed by atoms with E-state index in [9.17, 15) is 9.59 Å². The van der Waals surface area contributed by atoms with Crippen molar-refractivity contribution in [1.29, 1.82) is 0 Å². The normalized spacial score (nSPS) is 10.4. The molecule has 0 amide bonds. The Hall–Kier alpha value is -2.06. The van der Waals surface area contributed by atoms with Gasteiger partial charge >= 0.3 is 5.97 Å². The average Bonchev–Trinajstić information content (AvgIpc) is 2.30. The summed E-state index contributed by atoms with van der Waals surface area (Å²) in [6.45, 7) is 0. The molecular weight excluding hydrogens is 292 g/mol. The molecule has 0 aliphatic rings. The molecule has 2 heterocycles. The summed E-state index contributed by atoms with van der Waals surface area (Å²) < 4.78 is 0. The molecular formula is C10H7ClN4O3S. The van der Waals surface area contributed by atoms with Crippen LogP contribution in [0, 0.1) is 0 Å². The number of pyridine rings is 1. The summed E-state index contributed by atoms with van der Waals surface area (Å²) in [6.07, 6.45) is 0. The fourth-order valence-electron chi connectivity index (χ4n) is 1.23. The lowest BCUT2D eigenvalue weighted by atomic mass is 10.3. The van der Waals surface area contributed by atoms with Crippen LogP contribution in [-0.2, 0) is 0 Å². The van der Waals surface area contributed by atoms with Crippen LogP contribution in [0.3, 0.4) is 0 Å². The average molecular weight is 299 g/mol. The number of hydrogen-bond acceptors (Lipinski definition) is 6. The summed E-state index contributed by atoms with van der Waals surface area (Å²) in [6, 6.07) is 4.06. The van der Waals surface area contributed by atoms with Crippen LogP contribution in [0.5, 0.6) is 0 Å². The number of nitrogens with one attached hydrogen (secondary N) is 1. The summed E-state index contributed by atoms with van der Waals surface area (Å²) in [5, 5.41) is 9.48. The molecule has 0 radical (unpaired) electrons. The topological polar surface area (TPSA) is 122 Å². The number of carbonyl (C=O) groups is 1. The molecule has 0 saturated heterocycles. The van der Waals surface area contributed by atoms with Gasteiger partial charge in [-0.25, -0.2) is 14.8 Å². The molecule has 0 bridgehead atoms. The van der Waals surface area contributed by atoms with E-state index in [2.05, 4.69) is 15.0 Å². The summed E-state index contributed by atoms with van der Waals surface area (Å²) in [5.74, 6) is -1.17. The van der Waals surface area contributed by atoms with Gasteiger partial charge in [0.05, 0.1) is 5.02 Å². The van der Waals surface area contributed by atoms with Gasteiger partial charge in [-0.15, -0.1) is 0 Å². The SMILES string of the molecule is Nc1cc(=O)[nH]c(Sc2ccc(Cl)c(C(=O)O)n2)n1. The number of aromatic nitrogens is 3. The van der Waals surface area contributed by atoms with Gasteiger partial charge in [0, 0.05) is 6.07 Å². The second kappa shape index (κ2) is 5.29. The molecule has 0 spiro atoms. The van der Waals surface area contributed by atoms with Crippen LogP contribution in [-0.4, -0.2) is 26.0 Å². The largest absolute Gasteiger partial charge is 0.476 e. The fraction of sp³-hybridized carbons (Fsp3) is 0. The van der Waals surface area contributed by atoms with Crippen LogP contribution in [0.1, 0.15) is 10.5 Å². The van der Waals surface area contributed by atoms with E-state index in [1.807, 2.05) is 0 Å². The molecule has 0 fully saturated rings. The standard InChI is InChI=1S/C10H7ClN4O3S/c11-4-1-2-7(15-8(4)9(17)18)19-10-13-5(12)3-6(16)14-10/h1-3H,(H,17,18)(H3,12,13,14,16). The van der Waals surface area contributed by atoms with E-state index in [0.717, 1.165) is 17.8 Å². The van der Waals surface area contributed by atoms with Crippen molar-refractivity contribution >= 4 is 35.1 Å². The van der Waals surface area contributed by atoms with Gasteiger partial charge < -0.3 is 15.8 Å². The van der Waals surface area contributed by atoms with Crippen LogP contribution < -0.4 is 11.3 Å². The van der Waals surface area contributed by atoms with Gasteiger partial charge in [-0.3, -0.25) is 4.79 Å². The van der Waals surface area contributed by atoms with Gasteiger partial charge in [-0.1, -0.05) is 11.6 Å². The molecule has 0 aliphatic heterocycles. The number of rotatable bonds is 3. The number of nitrogen functional groups attached to an aromatic ring is 1. The lowest BCUT2D eigenvalue weighted by Crippen LogP contribution is -2.09. The number of H-pyrrole nitrogens is 1. The fourth-order valence-corrected chi connectivity index (χ4v) is 2.19. The molecule has 9 heteroatoms. The van der Waals surface area contributed by atoms with Gasteiger partial charge in [0.15, 0.2) is 10.9 Å². The molecule has 7 nitrogen and oxygen atoms in total. The Balaban J connectivity index is 2.36. The molecule has 0 saturated carbocycles. The number of halogens is 1. The van der Waals surface area contributed by atoms with Gasteiger partial charge in [0.25, 0.3) is 5.56 Å². The van der Waals surface area contributed by atoms with E-state index in [1.165, 1.54) is 12.1 Å². The van der Waals surface area contributed by atoms with Crippen LogP contribution in [0.25, 0.3) is 0 Å². The van der Waals surface area contributed by atoms with Gasteiger partial charge in [0.2, 0.25) is 0 Å². The number of nitrogens with zero attached hydrogens (tertiary/aromatic N) is 2. The predicted octanol–water partition coefficient (Wildman–Crippen LogP) is 1.25. The Bertz CT molecular complexity index is 703. The Morgan fingerprint density at radius 1 is 1.42 bits per heavy atom. The zero-order valence-electron chi connectivity index (χ0n) is 9.25. The molecule has 2 aromatic heterocycles. The van der Waals surface area contributed by atoms with Crippen LogP contribution in [0.2, 0.25) is 5.02 Å². The predicted molar refractivity (Wildman–Crippen MR) is 69.6 cm³/mol. The first-order chi connectivity index (χ1) is 8.95. The van der Waals surface area contributed by atoms with Crippen molar-refractivity contribution in [3.63, 3.8) is 0 Å². The highest BCUT2D eigenvalue weighted by molar-refractivity contribution is 7.99. The minimum Gasteiger partial charge on any atom is -0.476 e. The molecule has 0 atom stereocenters. The van der Waals surface area contributed by atoms with Crippen molar-refractivity contribution in [2.75, 3.05) is 5.73 Å². The van der Waals surface area contributed by atoms with Crippen molar-refractivity contribution in [3.8, 4) is 0 Å². The summed E-state index contributed by atoms with van der Waals surface area (Å²) in [7, 11) is 0. The lowest BCUT2D eigenvalue weighted by Gasteiger charge is -2.03. The Morgan fingerprint density at radius 3 is 2.79 bits per heavy atom. The third-order valence-electron chi connectivity index (χ3n) is 1.96. The van der Waals surface area contributed by atoms with Crippen molar-refractivity contribution < 1.29 is 9.90 Å². The Labute approximate surface area is 115 Å². The molecule has 0 aliphatic carbocycles. The number of carboxylic acid groups (broad SMARTS) is 1. The zero-order valence-corrected chi connectivity index (χ0v) is 10.8. The number of hydrogen-bond donors (Lipinski definition) is 3.